The van der Waals surface area contributed by atoms with Gasteiger partial charge in [0.25, 0.3) is 0 Å². The Morgan fingerprint density at radius 1 is 1.03 bits per heavy atom. The topological polar surface area (TPSA) is 52.8 Å². The summed E-state index contributed by atoms with van der Waals surface area (Å²) < 4.78 is 19.4. The first-order valence-corrected chi connectivity index (χ1v) is 11.0. The Morgan fingerprint density at radius 2 is 1.72 bits per heavy atom. The lowest BCUT2D eigenvalue weighted by Gasteiger charge is -2.33. The molecule has 2 aromatic carbocycles. The fourth-order valence-electron chi connectivity index (χ4n) is 3.99. The summed E-state index contributed by atoms with van der Waals surface area (Å²) in [6.45, 7) is 6.24. The Kier molecular flexibility index (Phi) is 6.85. The van der Waals surface area contributed by atoms with Crippen LogP contribution in [0.3, 0.4) is 0 Å². The highest BCUT2D eigenvalue weighted by Gasteiger charge is 2.27. The molecule has 0 spiro atoms. The number of aromatic nitrogens is 1. The number of halogens is 1. The van der Waals surface area contributed by atoms with E-state index in [4.69, 9.17) is 4.52 Å². The smallest absolute Gasteiger partial charge is 0.232 e. The number of likely N-dealkylation sites (N-methyl/N-ethyl adjacent to an activating group) is 1. The van der Waals surface area contributed by atoms with Crippen molar-refractivity contribution >= 4 is 11.8 Å². The number of carbonyl (C=O) groups excluding carboxylic acids is 1. The highest BCUT2D eigenvalue weighted by Crippen LogP contribution is 2.33. The Balaban J connectivity index is 1.70. The highest BCUT2D eigenvalue weighted by atomic mass is 19.1. The van der Waals surface area contributed by atoms with Gasteiger partial charge in [0, 0.05) is 44.7 Å². The summed E-state index contributed by atoms with van der Waals surface area (Å²) in [6.07, 6.45) is 0.411. The summed E-state index contributed by atoms with van der Waals surface area (Å²) in [5.41, 5.74) is 3.35. The Labute approximate surface area is 188 Å². The number of amides is 1. The molecular weight excluding hydrogens is 407 g/mol. The molecule has 0 bridgehead atoms. The fourth-order valence-corrected chi connectivity index (χ4v) is 3.99. The van der Waals surface area contributed by atoms with Crippen LogP contribution in [0.15, 0.2) is 59.1 Å². The van der Waals surface area contributed by atoms with Crippen molar-refractivity contribution in [2.24, 2.45) is 0 Å². The van der Waals surface area contributed by atoms with Gasteiger partial charge in [-0.2, -0.15) is 0 Å². The summed E-state index contributed by atoms with van der Waals surface area (Å²) >= 11 is 0. The van der Waals surface area contributed by atoms with Crippen molar-refractivity contribution in [2.45, 2.75) is 26.4 Å². The molecule has 6 nitrogen and oxygen atoms in total. The van der Waals surface area contributed by atoms with Gasteiger partial charge in [-0.1, -0.05) is 42.4 Å². The first-order valence-electron chi connectivity index (χ1n) is 11.0. The molecule has 1 aliphatic rings. The lowest BCUT2D eigenvalue weighted by molar-refractivity contribution is -0.132. The van der Waals surface area contributed by atoms with Crippen LogP contribution in [0, 0.1) is 5.82 Å². The average molecular weight is 437 g/mol. The van der Waals surface area contributed by atoms with Gasteiger partial charge in [0.2, 0.25) is 11.8 Å². The number of hydrogen-bond acceptors (Lipinski definition) is 5. The third kappa shape index (κ3) is 4.99. The van der Waals surface area contributed by atoms with E-state index in [0.29, 0.717) is 31.1 Å². The predicted molar refractivity (Wildman–Crippen MR) is 123 cm³/mol. The number of nitrogens with zero attached hydrogens (tertiary/aromatic N) is 4. The Hall–Kier alpha value is -3.19. The van der Waals surface area contributed by atoms with Crippen molar-refractivity contribution < 1.29 is 13.7 Å². The van der Waals surface area contributed by atoms with Crippen LogP contribution in [-0.4, -0.2) is 54.1 Å². The highest BCUT2D eigenvalue weighted by molar-refractivity contribution is 5.77. The molecule has 1 aliphatic heterocycles. The molecule has 1 aromatic heterocycles. The lowest BCUT2D eigenvalue weighted by atomic mass is 10.1. The first kappa shape index (κ1) is 22.0. The van der Waals surface area contributed by atoms with E-state index >= 15 is 0 Å². The minimum absolute atomic E-state index is 0.0597. The molecule has 0 unspecified atom stereocenters. The molecule has 168 valence electrons. The summed E-state index contributed by atoms with van der Waals surface area (Å²) in [6, 6.07) is 16.2. The lowest BCUT2D eigenvalue weighted by Crippen LogP contribution is -2.44. The number of rotatable bonds is 7. The molecule has 0 saturated carbocycles. The maximum absolute atomic E-state index is 13.5. The van der Waals surface area contributed by atoms with Crippen LogP contribution < -0.4 is 4.90 Å². The minimum atomic E-state index is -0.301. The van der Waals surface area contributed by atoms with Gasteiger partial charge in [-0.25, -0.2) is 4.39 Å². The van der Waals surface area contributed by atoms with Gasteiger partial charge < -0.3 is 19.2 Å². The number of hydrogen-bond donors (Lipinski definition) is 0. The molecule has 32 heavy (non-hydrogen) atoms. The molecular formula is C25H29FN4O2. The van der Waals surface area contributed by atoms with Crippen LogP contribution in [0.2, 0.25) is 0 Å². The van der Waals surface area contributed by atoms with Crippen LogP contribution in [0.25, 0.3) is 11.3 Å². The van der Waals surface area contributed by atoms with Gasteiger partial charge in [0.05, 0.1) is 12.1 Å². The quantitative estimate of drug-likeness (QED) is 0.556. The molecule has 4 rings (SSSR count). The van der Waals surface area contributed by atoms with Crippen LogP contribution in [0.5, 0.6) is 0 Å². The van der Waals surface area contributed by atoms with E-state index in [1.165, 1.54) is 12.1 Å². The Bertz CT molecular complexity index is 1030. The molecule has 1 fully saturated rings. The van der Waals surface area contributed by atoms with E-state index in [2.05, 4.69) is 22.0 Å². The zero-order chi connectivity index (χ0) is 22.5. The van der Waals surface area contributed by atoms with Crippen LogP contribution in [0.1, 0.15) is 24.5 Å². The SMILES string of the molecule is CCC(=O)N(Cc1ccccc1)Cc1c(-c2ccc(F)cc2)noc1N1CCN(C)CC1. The van der Waals surface area contributed by atoms with Crippen LogP contribution in [-0.2, 0) is 17.9 Å². The second kappa shape index (κ2) is 9.96. The summed E-state index contributed by atoms with van der Waals surface area (Å²) in [7, 11) is 2.10. The number of piperazine rings is 1. The number of anilines is 1. The van der Waals surface area contributed by atoms with E-state index in [1.807, 2.05) is 42.2 Å². The molecule has 1 amide bonds. The molecule has 1 saturated heterocycles. The largest absolute Gasteiger partial charge is 0.338 e. The van der Waals surface area contributed by atoms with Crippen molar-refractivity contribution in [3.05, 3.63) is 71.5 Å². The molecule has 7 heteroatoms. The normalized spacial score (nSPS) is 14.5. The molecule has 0 aliphatic carbocycles. The van der Waals surface area contributed by atoms with Gasteiger partial charge in [0.15, 0.2) is 0 Å². The van der Waals surface area contributed by atoms with E-state index < -0.39 is 0 Å². The molecule has 0 N–H and O–H groups in total. The molecule has 0 radical (unpaired) electrons. The summed E-state index contributed by atoms with van der Waals surface area (Å²) in [5, 5.41) is 4.36. The van der Waals surface area contributed by atoms with Gasteiger partial charge in [-0.05, 0) is 36.9 Å². The second-order valence-corrected chi connectivity index (χ2v) is 8.20. The zero-order valence-electron chi connectivity index (χ0n) is 18.6. The third-order valence-electron chi connectivity index (χ3n) is 5.90. The van der Waals surface area contributed by atoms with Crippen molar-refractivity contribution in [3.8, 4) is 11.3 Å². The van der Waals surface area contributed by atoms with Gasteiger partial charge in [0.1, 0.15) is 11.5 Å². The summed E-state index contributed by atoms with van der Waals surface area (Å²) in [4.78, 5) is 19.2. The van der Waals surface area contributed by atoms with Gasteiger partial charge in [-0.15, -0.1) is 0 Å². The van der Waals surface area contributed by atoms with Crippen molar-refractivity contribution in [2.75, 3.05) is 38.1 Å². The van der Waals surface area contributed by atoms with E-state index in [0.717, 1.165) is 42.9 Å². The van der Waals surface area contributed by atoms with Gasteiger partial charge >= 0.3 is 0 Å². The number of carbonyl (C=O) groups is 1. The van der Waals surface area contributed by atoms with E-state index in [9.17, 15) is 9.18 Å². The van der Waals surface area contributed by atoms with Crippen LogP contribution >= 0.6 is 0 Å². The molecule has 3 aromatic rings. The van der Waals surface area contributed by atoms with Crippen LogP contribution in [0.4, 0.5) is 10.3 Å². The Morgan fingerprint density at radius 3 is 2.38 bits per heavy atom. The third-order valence-corrected chi connectivity index (χ3v) is 5.90. The predicted octanol–water partition coefficient (Wildman–Crippen LogP) is 4.17. The minimum Gasteiger partial charge on any atom is -0.338 e. The second-order valence-electron chi connectivity index (χ2n) is 8.20. The maximum atomic E-state index is 13.5. The standard InChI is InChI=1S/C25H29FN4O2/c1-3-23(31)30(17-19-7-5-4-6-8-19)18-22-24(20-9-11-21(26)12-10-20)27-32-25(22)29-15-13-28(2)14-16-29/h4-12H,3,13-18H2,1-2H3. The molecule has 0 atom stereocenters. The zero-order valence-corrected chi connectivity index (χ0v) is 18.6. The fraction of sp³-hybridized carbons (Fsp3) is 0.360. The first-order chi connectivity index (χ1) is 15.5. The molecule has 2 heterocycles. The van der Waals surface area contributed by atoms with Gasteiger partial charge in [-0.3, -0.25) is 4.79 Å². The summed E-state index contributed by atoms with van der Waals surface area (Å²) in [5.74, 6) is 0.453. The van der Waals surface area contributed by atoms with E-state index in [1.54, 1.807) is 12.1 Å². The van der Waals surface area contributed by atoms with E-state index in [-0.39, 0.29) is 11.7 Å². The monoisotopic (exact) mass is 436 g/mol. The van der Waals surface area contributed by atoms with Crippen molar-refractivity contribution in [3.63, 3.8) is 0 Å². The number of benzene rings is 2. The maximum Gasteiger partial charge on any atom is 0.232 e. The average Bonchev–Trinajstić information content (AvgIpc) is 3.23. The van der Waals surface area contributed by atoms with Crippen molar-refractivity contribution in [1.82, 2.24) is 15.0 Å². The van der Waals surface area contributed by atoms with Crippen molar-refractivity contribution in [1.29, 1.82) is 0 Å².